The Bertz CT molecular complexity index is 552. The molecule has 0 aliphatic heterocycles. The van der Waals surface area contributed by atoms with Crippen molar-refractivity contribution in [1.29, 1.82) is 0 Å². The highest BCUT2D eigenvalue weighted by Crippen LogP contribution is 2.30. The van der Waals surface area contributed by atoms with Gasteiger partial charge in [-0.1, -0.05) is 0 Å². The van der Waals surface area contributed by atoms with Crippen LogP contribution < -0.4 is 4.74 Å². The van der Waals surface area contributed by atoms with Crippen LogP contribution in [0.3, 0.4) is 0 Å². The molecule has 1 heterocycles. The van der Waals surface area contributed by atoms with Gasteiger partial charge >= 0.3 is 5.97 Å². The molecule has 2 rings (SSSR count). The zero-order valence-corrected chi connectivity index (χ0v) is 10.2. The number of rotatable bonds is 3. The topological polar surface area (TPSA) is 48.4 Å². The highest BCUT2D eigenvalue weighted by Gasteiger charge is 2.11. The number of pyridine rings is 1. The summed E-state index contributed by atoms with van der Waals surface area (Å²) in [6, 6.07) is 8.90. The highest BCUT2D eigenvalue weighted by atomic mass is 16.5. The zero-order chi connectivity index (χ0) is 13.0. The van der Waals surface area contributed by atoms with Crippen LogP contribution in [0.4, 0.5) is 0 Å². The molecule has 0 saturated heterocycles. The van der Waals surface area contributed by atoms with Crippen molar-refractivity contribution in [3.63, 3.8) is 0 Å². The Morgan fingerprint density at radius 3 is 2.44 bits per heavy atom. The van der Waals surface area contributed by atoms with E-state index in [0.29, 0.717) is 11.3 Å². The summed E-state index contributed by atoms with van der Waals surface area (Å²) in [7, 11) is 2.95. The van der Waals surface area contributed by atoms with E-state index in [1.54, 1.807) is 37.7 Å². The number of benzene rings is 1. The minimum absolute atomic E-state index is 0.368. The zero-order valence-electron chi connectivity index (χ0n) is 10.2. The lowest BCUT2D eigenvalue weighted by Gasteiger charge is -2.10. The fraction of sp³-hybridized carbons (Fsp3) is 0.143. The molecular formula is C14H13NO3. The molecule has 0 unspecified atom stereocenters. The number of ether oxygens (including phenoxy) is 2. The van der Waals surface area contributed by atoms with Crippen molar-refractivity contribution < 1.29 is 14.3 Å². The number of hydrogen-bond donors (Lipinski definition) is 0. The summed E-state index contributed by atoms with van der Waals surface area (Å²) in [6.45, 7) is 0. The summed E-state index contributed by atoms with van der Waals surface area (Å²) in [5.74, 6) is 0.335. The monoisotopic (exact) mass is 243 g/mol. The molecule has 0 aliphatic rings. The maximum absolute atomic E-state index is 11.5. The Morgan fingerprint density at radius 1 is 1.11 bits per heavy atom. The van der Waals surface area contributed by atoms with Crippen molar-refractivity contribution in [2.24, 2.45) is 0 Å². The van der Waals surface area contributed by atoms with E-state index >= 15 is 0 Å². The minimum Gasteiger partial charge on any atom is -0.496 e. The number of carbonyl (C=O) groups is 1. The van der Waals surface area contributed by atoms with Gasteiger partial charge in [0.25, 0.3) is 0 Å². The van der Waals surface area contributed by atoms with Gasteiger partial charge in [-0.3, -0.25) is 4.98 Å². The Labute approximate surface area is 105 Å². The largest absolute Gasteiger partial charge is 0.496 e. The quantitative estimate of drug-likeness (QED) is 0.777. The summed E-state index contributed by atoms with van der Waals surface area (Å²) < 4.78 is 10.0. The molecule has 0 aliphatic carbocycles. The summed E-state index contributed by atoms with van der Waals surface area (Å²) in [4.78, 5) is 15.5. The van der Waals surface area contributed by atoms with Crippen LogP contribution in [-0.2, 0) is 4.74 Å². The van der Waals surface area contributed by atoms with Gasteiger partial charge < -0.3 is 9.47 Å². The van der Waals surface area contributed by atoms with Crippen LogP contribution in [0.5, 0.6) is 5.75 Å². The van der Waals surface area contributed by atoms with E-state index in [0.717, 1.165) is 11.1 Å². The van der Waals surface area contributed by atoms with Gasteiger partial charge in [-0.15, -0.1) is 0 Å². The minimum atomic E-state index is -0.368. The van der Waals surface area contributed by atoms with Crippen LogP contribution in [-0.4, -0.2) is 25.2 Å². The molecule has 0 spiro atoms. The van der Waals surface area contributed by atoms with Crippen LogP contribution in [0.2, 0.25) is 0 Å². The Balaban J connectivity index is 2.53. The van der Waals surface area contributed by atoms with E-state index in [1.807, 2.05) is 12.1 Å². The van der Waals surface area contributed by atoms with E-state index < -0.39 is 0 Å². The van der Waals surface area contributed by atoms with Crippen molar-refractivity contribution in [2.45, 2.75) is 0 Å². The summed E-state index contributed by atoms with van der Waals surface area (Å²) in [5.41, 5.74) is 2.26. The van der Waals surface area contributed by atoms with E-state index in [-0.39, 0.29) is 5.97 Å². The standard InChI is InChI=1S/C14H13NO3/c1-17-13-4-3-11(14(16)18-2)9-12(13)10-5-7-15-8-6-10/h3-9H,1-2H3. The second kappa shape index (κ2) is 5.31. The van der Waals surface area contributed by atoms with Crippen LogP contribution in [0, 0.1) is 0 Å². The van der Waals surface area contributed by atoms with Crippen molar-refractivity contribution in [1.82, 2.24) is 4.98 Å². The summed E-state index contributed by atoms with van der Waals surface area (Å²) >= 11 is 0. The first-order valence-electron chi connectivity index (χ1n) is 5.43. The summed E-state index contributed by atoms with van der Waals surface area (Å²) in [6.07, 6.45) is 3.39. The van der Waals surface area contributed by atoms with Crippen molar-refractivity contribution in [3.8, 4) is 16.9 Å². The number of nitrogens with zero attached hydrogens (tertiary/aromatic N) is 1. The molecule has 0 fully saturated rings. The Hall–Kier alpha value is -2.36. The van der Waals surface area contributed by atoms with Crippen LogP contribution in [0.25, 0.3) is 11.1 Å². The molecule has 0 N–H and O–H groups in total. The highest BCUT2D eigenvalue weighted by molar-refractivity contribution is 5.91. The molecule has 0 saturated carbocycles. The fourth-order valence-corrected chi connectivity index (χ4v) is 1.71. The molecule has 0 amide bonds. The van der Waals surface area contributed by atoms with Crippen LogP contribution in [0.15, 0.2) is 42.7 Å². The molecule has 18 heavy (non-hydrogen) atoms. The predicted molar refractivity (Wildman–Crippen MR) is 67.6 cm³/mol. The van der Waals surface area contributed by atoms with Crippen LogP contribution >= 0.6 is 0 Å². The second-order valence-electron chi connectivity index (χ2n) is 3.64. The molecule has 0 radical (unpaired) electrons. The van der Waals surface area contributed by atoms with E-state index in [9.17, 15) is 4.79 Å². The number of hydrogen-bond acceptors (Lipinski definition) is 4. The Morgan fingerprint density at radius 2 is 1.83 bits per heavy atom. The lowest BCUT2D eigenvalue weighted by molar-refractivity contribution is 0.0601. The molecule has 1 aromatic carbocycles. The van der Waals surface area contributed by atoms with Crippen molar-refractivity contribution in [3.05, 3.63) is 48.3 Å². The van der Waals surface area contributed by atoms with Gasteiger partial charge in [0.2, 0.25) is 0 Å². The second-order valence-corrected chi connectivity index (χ2v) is 3.64. The van der Waals surface area contributed by atoms with E-state index in [2.05, 4.69) is 4.98 Å². The number of carbonyl (C=O) groups excluding carboxylic acids is 1. The molecule has 1 aromatic heterocycles. The van der Waals surface area contributed by atoms with Gasteiger partial charge in [0.05, 0.1) is 19.8 Å². The number of aromatic nitrogens is 1. The average Bonchev–Trinajstić information content (AvgIpc) is 2.46. The molecule has 4 heteroatoms. The Kier molecular flexibility index (Phi) is 3.57. The fourth-order valence-electron chi connectivity index (χ4n) is 1.71. The SMILES string of the molecule is COC(=O)c1ccc(OC)c(-c2ccncc2)c1. The van der Waals surface area contributed by atoms with Gasteiger partial charge in [0.15, 0.2) is 0 Å². The lowest BCUT2D eigenvalue weighted by Crippen LogP contribution is -2.01. The van der Waals surface area contributed by atoms with Gasteiger partial charge in [-0.05, 0) is 35.9 Å². The predicted octanol–water partition coefficient (Wildman–Crippen LogP) is 2.54. The molecular weight excluding hydrogens is 230 g/mol. The average molecular weight is 243 g/mol. The molecule has 92 valence electrons. The lowest BCUT2D eigenvalue weighted by atomic mass is 10.0. The maximum atomic E-state index is 11.5. The van der Waals surface area contributed by atoms with Gasteiger partial charge in [0.1, 0.15) is 5.75 Å². The molecule has 0 atom stereocenters. The molecule has 4 nitrogen and oxygen atoms in total. The molecule has 2 aromatic rings. The summed E-state index contributed by atoms with van der Waals surface area (Å²) in [5, 5.41) is 0. The normalized spacial score (nSPS) is 9.89. The number of methoxy groups -OCH3 is 2. The first kappa shape index (κ1) is 12.1. The number of esters is 1. The smallest absolute Gasteiger partial charge is 0.337 e. The first-order chi connectivity index (χ1) is 8.76. The third-order valence-electron chi connectivity index (χ3n) is 2.61. The van der Waals surface area contributed by atoms with E-state index in [4.69, 9.17) is 9.47 Å². The van der Waals surface area contributed by atoms with Gasteiger partial charge in [-0.2, -0.15) is 0 Å². The van der Waals surface area contributed by atoms with Crippen molar-refractivity contribution in [2.75, 3.05) is 14.2 Å². The van der Waals surface area contributed by atoms with E-state index in [1.165, 1.54) is 7.11 Å². The van der Waals surface area contributed by atoms with Gasteiger partial charge in [-0.25, -0.2) is 4.79 Å². The molecule has 0 bridgehead atoms. The third-order valence-corrected chi connectivity index (χ3v) is 2.61. The maximum Gasteiger partial charge on any atom is 0.337 e. The van der Waals surface area contributed by atoms with Crippen molar-refractivity contribution >= 4 is 5.97 Å². The first-order valence-corrected chi connectivity index (χ1v) is 5.43. The third kappa shape index (κ3) is 2.32. The van der Waals surface area contributed by atoms with Gasteiger partial charge in [0, 0.05) is 18.0 Å². The van der Waals surface area contributed by atoms with Crippen LogP contribution in [0.1, 0.15) is 10.4 Å².